The minimum absolute atomic E-state index is 0.180. The zero-order valence-corrected chi connectivity index (χ0v) is 21.4. The molecule has 0 radical (unpaired) electrons. The van der Waals surface area contributed by atoms with E-state index >= 15 is 0 Å². The maximum atomic E-state index is 13.3. The Labute approximate surface area is 219 Å². The molecule has 3 aromatic carbocycles. The van der Waals surface area contributed by atoms with E-state index in [0.717, 1.165) is 21.6 Å². The van der Waals surface area contributed by atoms with E-state index in [1.165, 1.54) is 44.6 Å². The van der Waals surface area contributed by atoms with Crippen LogP contribution in [-0.4, -0.2) is 38.0 Å². The summed E-state index contributed by atoms with van der Waals surface area (Å²) < 4.78 is 16.1. The summed E-state index contributed by atoms with van der Waals surface area (Å²) in [6.07, 6.45) is 1.37. The number of imide groups is 2. The monoisotopic (exact) mass is 514 g/mol. The Kier molecular flexibility index (Phi) is 7.57. The first-order valence-corrected chi connectivity index (χ1v) is 11.7. The van der Waals surface area contributed by atoms with Gasteiger partial charge < -0.3 is 14.2 Å². The number of benzene rings is 3. The molecule has 1 aliphatic rings. The molecule has 4 amide bonds. The van der Waals surface area contributed by atoms with Crippen molar-refractivity contribution in [2.45, 2.75) is 20.5 Å². The number of ether oxygens (including phenoxy) is 3. The number of methoxy groups -OCH3 is 2. The van der Waals surface area contributed by atoms with Gasteiger partial charge in [-0.25, -0.2) is 14.5 Å². The third-order valence-electron chi connectivity index (χ3n) is 5.84. The highest BCUT2D eigenvalue weighted by Gasteiger charge is 2.37. The Morgan fingerprint density at radius 2 is 1.61 bits per heavy atom. The Bertz CT molecular complexity index is 1440. The largest absolute Gasteiger partial charge is 0.497 e. The van der Waals surface area contributed by atoms with Gasteiger partial charge in [0.15, 0.2) is 0 Å². The third kappa shape index (κ3) is 5.57. The number of carbonyl (C=O) groups is 4. The van der Waals surface area contributed by atoms with Crippen LogP contribution in [0.25, 0.3) is 6.08 Å². The summed E-state index contributed by atoms with van der Waals surface area (Å²) in [4.78, 5) is 51.1. The predicted octanol–water partition coefficient (Wildman–Crippen LogP) is 4.34. The molecule has 9 heteroatoms. The van der Waals surface area contributed by atoms with Gasteiger partial charge in [0.2, 0.25) is 0 Å². The molecule has 9 nitrogen and oxygen atoms in total. The number of anilines is 1. The van der Waals surface area contributed by atoms with Gasteiger partial charge in [-0.3, -0.25) is 14.9 Å². The molecule has 4 rings (SSSR count). The average molecular weight is 515 g/mol. The molecule has 0 aliphatic carbocycles. The van der Waals surface area contributed by atoms with Gasteiger partial charge in [0.25, 0.3) is 11.8 Å². The van der Waals surface area contributed by atoms with E-state index in [2.05, 4.69) is 16.1 Å². The molecule has 1 fully saturated rings. The SMILES string of the molecule is COC(=O)c1ccc(N2C(=O)NC(=O)/C(=C\c3ccc(OC)cc3OCc3cc(C)cc(C)c3)C2=O)cc1. The number of carbonyl (C=O) groups excluding carboxylic acids is 4. The van der Waals surface area contributed by atoms with Crippen LogP contribution in [0.5, 0.6) is 11.5 Å². The first-order chi connectivity index (χ1) is 18.2. The number of amides is 4. The minimum atomic E-state index is -0.899. The van der Waals surface area contributed by atoms with Gasteiger partial charge in [-0.15, -0.1) is 0 Å². The van der Waals surface area contributed by atoms with Crippen molar-refractivity contribution in [2.24, 2.45) is 0 Å². The summed E-state index contributed by atoms with van der Waals surface area (Å²) in [6, 6.07) is 15.9. The molecule has 1 heterocycles. The van der Waals surface area contributed by atoms with Crippen LogP contribution in [0.3, 0.4) is 0 Å². The molecule has 1 aliphatic heterocycles. The fourth-order valence-corrected chi connectivity index (χ4v) is 4.11. The smallest absolute Gasteiger partial charge is 0.337 e. The minimum Gasteiger partial charge on any atom is -0.497 e. The van der Waals surface area contributed by atoms with Crippen LogP contribution in [0.15, 0.2) is 66.2 Å². The van der Waals surface area contributed by atoms with Gasteiger partial charge in [-0.05, 0) is 61.9 Å². The van der Waals surface area contributed by atoms with Crippen LogP contribution < -0.4 is 19.7 Å². The zero-order valence-electron chi connectivity index (χ0n) is 21.4. The molecule has 0 bridgehead atoms. The van der Waals surface area contributed by atoms with Crippen LogP contribution in [-0.2, 0) is 20.9 Å². The first-order valence-electron chi connectivity index (χ1n) is 11.7. The van der Waals surface area contributed by atoms with E-state index in [4.69, 9.17) is 9.47 Å². The second-order valence-corrected chi connectivity index (χ2v) is 8.68. The summed E-state index contributed by atoms with van der Waals surface area (Å²) in [7, 11) is 2.77. The lowest BCUT2D eigenvalue weighted by Crippen LogP contribution is -2.54. The molecular weight excluding hydrogens is 488 g/mol. The Morgan fingerprint density at radius 3 is 2.24 bits per heavy atom. The van der Waals surface area contributed by atoms with E-state index < -0.39 is 23.8 Å². The van der Waals surface area contributed by atoms with E-state index in [1.54, 1.807) is 18.2 Å². The average Bonchev–Trinajstić information content (AvgIpc) is 2.89. The van der Waals surface area contributed by atoms with Crippen molar-refractivity contribution in [3.05, 3.63) is 94.1 Å². The number of hydrogen-bond donors (Lipinski definition) is 1. The van der Waals surface area contributed by atoms with Crippen molar-refractivity contribution in [2.75, 3.05) is 19.1 Å². The van der Waals surface area contributed by atoms with Crippen molar-refractivity contribution >= 4 is 35.6 Å². The number of rotatable bonds is 7. The van der Waals surface area contributed by atoms with Gasteiger partial charge in [-0.2, -0.15) is 0 Å². The number of urea groups is 1. The molecule has 0 saturated carbocycles. The van der Waals surface area contributed by atoms with Crippen LogP contribution >= 0.6 is 0 Å². The maximum Gasteiger partial charge on any atom is 0.337 e. The van der Waals surface area contributed by atoms with Gasteiger partial charge >= 0.3 is 12.0 Å². The van der Waals surface area contributed by atoms with Crippen LogP contribution in [0.2, 0.25) is 0 Å². The molecule has 0 spiro atoms. The van der Waals surface area contributed by atoms with Crippen molar-refractivity contribution < 1.29 is 33.4 Å². The van der Waals surface area contributed by atoms with E-state index in [9.17, 15) is 19.2 Å². The van der Waals surface area contributed by atoms with Crippen LogP contribution in [0.1, 0.15) is 32.6 Å². The highest BCUT2D eigenvalue weighted by molar-refractivity contribution is 6.39. The number of esters is 1. The highest BCUT2D eigenvalue weighted by Crippen LogP contribution is 2.30. The lowest BCUT2D eigenvalue weighted by atomic mass is 10.1. The second-order valence-electron chi connectivity index (χ2n) is 8.68. The highest BCUT2D eigenvalue weighted by atomic mass is 16.5. The van der Waals surface area contributed by atoms with E-state index in [0.29, 0.717) is 17.1 Å². The Hall–Kier alpha value is -4.92. The molecular formula is C29H26N2O7. The lowest BCUT2D eigenvalue weighted by molar-refractivity contribution is -0.122. The van der Waals surface area contributed by atoms with Gasteiger partial charge in [0, 0.05) is 11.6 Å². The fraction of sp³-hybridized carbons (Fsp3) is 0.172. The number of barbiturate groups is 1. The van der Waals surface area contributed by atoms with Crippen molar-refractivity contribution in [3.8, 4) is 11.5 Å². The summed E-state index contributed by atoms with van der Waals surface area (Å²) in [5, 5.41) is 2.19. The molecule has 3 aromatic rings. The Balaban J connectivity index is 1.66. The number of hydrogen-bond acceptors (Lipinski definition) is 7. The molecule has 0 unspecified atom stereocenters. The Morgan fingerprint density at radius 1 is 0.921 bits per heavy atom. The van der Waals surface area contributed by atoms with Crippen LogP contribution in [0, 0.1) is 13.8 Å². The van der Waals surface area contributed by atoms with Gasteiger partial charge in [0.05, 0.1) is 25.5 Å². The summed E-state index contributed by atoms with van der Waals surface area (Å²) >= 11 is 0. The summed E-state index contributed by atoms with van der Waals surface area (Å²) in [6.45, 7) is 4.26. The lowest BCUT2D eigenvalue weighted by Gasteiger charge is -2.26. The van der Waals surface area contributed by atoms with Crippen molar-refractivity contribution in [3.63, 3.8) is 0 Å². The van der Waals surface area contributed by atoms with Gasteiger partial charge in [0.1, 0.15) is 23.7 Å². The molecule has 0 aromatic heterocycles. The summed E-state index contributed by atoms with van der Waals surface area (Å²) in [5.74, 6) is -1.29. The third-order valence-corrected chi connectivity index (χ3v) is 5.84. The maximum absolute atomic E-state index is 13.3. The standard InChI is InChI=1S/C29H26N2O7/c1-17-11-18(2)13-19(12-17)16-38-25-15-23(36-3)10-7-21(25)14-24-26(32)30-29(35)31(27(24)33)22-8-5-20(6-9-22)28(34)37-4/h5-15H,16H2,1-4H3,(H,30,32,35)/b24-14+. The number of aryl methyl sites for hydroxylation is 2. The molecule has 1 saturated heterocycles. The summed E-state index contributed by atoms with van der Waals surface area (Å²) in [5.41, 5.74) is 3.78. The molecule has 38 heavy (non-hydrogen) atoms. The second kappa shape index (κ2) is 11.0. The molecule has 194 valence electrons. The quantitative estimate of drug-likeness (QED) is 0.284. The molecule has 0 atom stereocenters. The zero-order chi connectivity index (χ0) is 27.4. The number of nitrogens with one attached hydrogen (secondary N) is 1. The van der Waals surface area contributed by atoms with Gasteiger partial charge in [-0.1, -0.05) is 29.3 Å². The normalized spacial score (nSPS) is 14.4. The van der Waals surface area contributed by atoms with Crippen molar-refractivity contribution in [1.82, 2.24) is 5.32 Å². The van der Waals surface area contributed by atoms with E-state index in [-0.39, 0.29) is 23.4 Å². The topological polar surface area (TPSA) is 111 Å². The first kappa shape index (κ1) is 26.2. The van der Waals surface area contributed by atoms with E-state index in [1.807, 2.05) is 26.0 Å². The van der Waals surface area contributed by atoms with Crippen molar-refractivity contribution in [1.29, 1.82) is 0 Å². The predicted molar refractivity (Wildman–Crippen MR) is 140 cm³/mol. The van der Waals surface area contributed by atoms with Crippen LogP contribution in [0.4, 0.5) is 10.5 Å². The molecule has 1 N–H and O–H groups in total. The number of nitrogens with zero attached hydrogens (tertiary/aromatic N) is 1. The fourth-order valence-electron chi connectivity index (χ4n) is 4.11.